The van der Waals surface area contributed by atoms with E-state index in [1.165, 1.54) is 0 Å². The third-order valence-corrected chi connectivity index (χ3v) is 3.42. The third kappa shape index (κ3) is 2.13. The molecule has 2 fully saturated rings. The number of likely N-dealkylation sites (tertiary alicyclic amines) is 2. The third-order valence-electron chi connectivity index (χ3n) is 3.42. The molecule has 0 aromatic carbocycles. The van der Waals surface area contributed by atoms with Gasteiger partial charge in [0.15, 0.2) is 0 Å². The second-order valence-electron chi connectivity index (χ2n) is 4.45. The van der Waals surface area contributed by atoms with Crippen LogP contribution < -0.4 is 0 Å². The van der Waals surface area contributed by atoms with Crippen LogP contribution in [-0.2, 0) is 9.59 Å². The van der Waals surface area contributed by atoms with Crippen LogP contribution in [0.1, 0.15) is 32.6 Å². The van der Waals surface area contributed by atoms with Gasteiger partial charge in [-0.2, -0.15) is 0 Å². The molecule has 1 atom stereocenters. The van der Waals surface area contributed by atoms with Crippen molar-refractivity contribution in [1.29, 1.82) is 0 Å². The van der Waals surface area contributed by atoms with Crippen LogP contribution in [0.5, 0.6) is 0 Å². The Morgan fingerprint density at radius 1 is 1.20 bits per heavy atom. The monoisotopic (exact) mass is 210 g/mol. The number of amides is 2. The van der Waals surface area contributed by atoms with Crippen LogP contribution in [0.15, 0.2) is 0 Å². The van der Waals surface area contributed by atoms with Crippen LogP contribution in [0.4, 0.5) is 0 Å². The molecule has 0 aliphatic carbocycles. The second-order valence-corrected chi connectivity index (χ2v) is 4.45. The first-order chi connectivity index (χ1) is 7.18. The lowest BCUT2D eigenvalue weighted by molar-refractivity contribution is -0.140. The summed E-state index contributed by atoms with van der Waals surface area (Å²) in [6.45, 7) is 4.22. The van der Waals surface area contributed by atoms with Gasteiger partial charge in [0.2, 0.25) is 11.8 Å². The minimum atomic E-state index is 0.0977. The van der Waals surface area contributed by atoms with Crippen molar-refractivity contribution in [3.05, 3.63) is 0 Å². The molecule has 0 spiro atoms. The fourth-order valence-electron chi connectivity index (χ4n) is 2.36. The number of hydrogen-bond acceptors (Lipinski definition) is 2. The van der Waals surface area contributed by atoms with Crippen molar-refractivity contribution in [1.82, 2.24) is 9.80 Å². The number of rotatable bonds is 2. The van der Waals surface area contributed by atoms with Gasteiger partial charge in [-0.3, -0.25) is 9.59 Å². The first-order valence-corrected chi connectivity index (χ1v) is 5.73. The highest BCUT2D eigenvalue weighted by molar-refractivity contribution is 5.79. The normalized spacial score (nSPS) is 25.3. The van der Waals surface area contributed by atoms with Gasteiger partial charge in [0.1, 0.15) is 0 Å². The molecule has 15 heavy (non-hydrogen) atoms. The average Bonchev–Trinajstić information content (AvgIpc) is 2.63. The van der Waals surface area contributed by atoms with Crippen molar-refractivity contribution in [2.24, 2.45) is 0 Å². The fraction of sp³-hybridized carbons (Fsp3) is 0.818. The maximum Gasteiger partial charge on any atom is 0.224 e. The lowest BCUT2D eigenvalue weighted by atomic mass is 9.99. The number of nitrogens with zero attached hydrogens (tertiary/aromatic N) is 2. The lowest BCUT2D eigenvalue weighted by Crippen LogP contribution is -2.52. The zero-order valence-electron chi connectivity index (χ0n) is 9.24. The molecule has 2 aliphatic heterocycles. The maximum absolute atomic E-state index is 11.8. The van der Waals surface area contributed by atoms with Gasteiger partial charge in [0.25, 0.3) is 0 Å². The molecular weight excluding hydrogens is 192 g/mol. The minimum Gasteiger partial charge on any atom is -0.343 e. The summed E-state index contributed by atoms with van der Waals surface area (Å²) in [4.78, 5) is 26.7. The van der Waals surface area contributed by atoms with Gasteiger partial charge in [-0.1, -0.05) is 0 Å². The summed E-state index contributed by atoms with van der Waals surface area (Å²) in [5.41, 5.74) is 0. The largest absolute Gasteiger partial charge is 0.343 e. The Balaban J connectivity index is 1.81. The van der Waals surface area contributed by atoms with E-state index in [0.717, 1.165) is 38.9 Å². The van der Waals surface area contributed by atoms with Crippen LogP contribution in [0.25, 0.3) is 0 Å². The summed E-state index contributed by atoms with van der Waals surface area (Å²) in [6.07, 6.45) is 3.78. The molecule has 1 unspecified atom stereocenters. The van der Waals surface area contributed by atoms with Gasteiger partial charge in [-0.05, 0) is 19.3 Å². The molecule has 0 N–H and O–H groups in total. The van der Waals surface area contributed by atoms with Gasteiger partial charge in [-0.25, -0.2) is 0 Å². The summed E-state index contributed by atoms with van der Waals surface area (Å²) < 4.78 is 0. The molecule has 2 saturated heterocycles. The molecule has 0 aromatic heterocycles. The van der Waals surface area contributed by atoms with E-state index < -0.39 is 0 Å². The van der Waals surface area contributed by atoms with Crippen molar-refractivity contribution < 1.29 is 9.59 Å². The second kappa shape index (κ2) is 4.21. The summed E-state index contributed by atoms with van der Waals surface area (Å²) in [5, 5.41) is 0. The van der Waals surface area contributed by atoms with E-state index in [9.17, 15) is 9.59 Å². The lowest BCUT2D eigenvalue weighted by Gasteiger charge is -2.40. The highest BCUT2D eigenvalue weighted by atomic mass is 16.2. The highest BCUT2D eigenvalue weighted by Crippen LogP contribution is 2.22. The van der Waals surface area contributed by atoms with Crippen molar-refractivity contribution in [2.45, 2.75) is 38.6 Å². The van der Waals surface area contributed by atoms with Crippen molar-refractivity contribution in [3.8, 4) is 0 Å². The van der Waals surface area contributed by atoms with Crippen LogP contribution >= 0.6 is 0 Å². The molecule has 0 bridgehead atoms. The molecule has 2 rings (SSSR count). The average molecular weight is 210 g/mol. The molecular formula is C11H18N2O2. The molecule has 2 heterocycles. The molecule has 84 valence electrons. The van der Waals surface area contributed by atoms with Gasteiger partial charge < -0.3 is 9.80 Å². The van der Waals surface area contributed by atoms with Crippen molar-refractivity contribution >= 4 is 11.8 Å². The zero-order chi connectivity index (χ0) is 10.8. The van der Waals surface area contributed by atoms with E-state index in [2.05, 4.69) is 0 Å². The molecule has 2 aliphatic rings. The molecule has 4 heteroatoms. The summed E-state index contributed by atoms with van der Waals surface area (Å²) in [6, 6.07) is 0.176. The minimum absolute atomic E-state index is 0.0977. The van der Waals surface area contributed by atoms with E-state index in [4.69, 9.17) is 0 Å². The van der Waals surface area contributed by atoms with Crippen molar-refractivity contribution in [2.75, 3.05) is 19.6 Å². The maximum atomic E-state index is 11.8. The van der Waals surface area contributed by atoms with Crippen LogP contribution in [-0.4, -0.2) is 47.3 Å². The Bertz CT molecular complexity index is 272. The van der Waals surface area contributed by atoms with Gasteiger partial charge >= 0.3 is 0 Å². The number of carbonyl (C=O) groups is 2. The van der Waals surface area contributed by atoms with E-state index >= 15 is 0 Å². The van der Waals surface area contributed by atoms with E-state index in [0.29, 0.717) is 6.42 Å². The Kier molecular flexibility index (Phi) is 2.93. The number of hydrogen-bond donors (Lipinski definition) is 0. The Hall–Kier alpha value is -1.06. The van der Waals surface area contributed by atoms with E-state index in [-0.39, 0.29) is 17.9 Å². The van der Waals surface area contributed by atoms with Crippen LogP contribution in [0.2, 0.25) is 0 Å². The van der Waals surface area contributed by atoms with Crippen LogP contribution in [0.3, 0.4) is 0 Å². The van der Waals surface area contributed by atoms with Gasteiger partial charge in [0.05, 0.1) is 0 Å². The quantitative estimate of drug-likeness (QED) is 0.670. The molecule has 0 saturated carbocycles. The summed E-state index contributed by atoms with van der Waals surface area (Å²) >= 11 is 0. The van der Waals surface area contributed by atoms with E-state index in [1.54, 1.807) is 11.8 Å². The van der Waals surface area contributed by atoms with Crippen molar-refractivity contribution in [3.63, 3.8) is 0 Å². The van der Waals surface area contributed by atoms with Gasteiger partial charge in [-0.15, -0.1) is 0 Å². The first-order valence-electron chi connectivity index (χ1n) is 5.73. The Labute approximate surface area is 90.2 Å². The smallest absolute Gasteiger partial charge is 0.224 e. The summed E-state index contributed by atoms with van der Waals surface area (Å²) in [5.74, 6) is 0.323. The zero-order valence-corrected chi connectivity index (χ0v) is 9.24. The Morgan fingerprint density at radius 3 is 2.33 bits per heavy atom. The fourth-order valence-corrected chi connectivity index (χ4v) is 2.36. The predicted octanol–water partition coefficient (Wildman–Crippen LogP) is 0.620. The van der Waals surface area contributed by atoms with E-state index in [1.807, 2.05) is 4.90 Å². The summed E-state index contributed by atoms with van der Waals surface area (Å²) in [7, 11) is 0. The molecule has 4 nitrogen and oxygen atoms in total. The SMILES string of the molecule is CC(=O)N1CCC1CC(=O)N1CCCC1. The molecule has 0 radical (unpaired) electrons. The first kappa shape index (κ1) is 10.5. The highest BCUT2D eigenvalue weighted by Gasteiger charge is 2.33. The number of carbonyl (C=O) groups excluding carboxylic acids is 2. The topological polar surface area (TPSA) is 40.6 Å². The standard InChI is InChI=1S/C11H18N2O2/c1-9(14)13-7-4-10(13)8-11(15)12-5-2-3-6-12/h10H,2-8H2,1H3. The molecule has 2 amide bonds. The predicted molar refractivity (Wildman–Crippen MR) is 56.2 cm³/mol. The van der Waals surface area contributed by atoms with Crippen LogP contribution in [0, 0.1) is 0 Å². The Morgan fingerprint density at radius 2 is 1.87 bits per heavy atom. The molecule has 0 aromatic rings. The van der Waals surface area contributed by atoms with Gasteiger partial charge in [0, 0.05) is 39.0 Å².